The number of hydrogen-bond acceptors (Lipinski definition) is 6. The molecule has 0 aliphatic carbocycles. The molecule has 0 heterocycles. The van der Waals surface area contributed by atoms with E-state index in [1.807, 2.05) is 6.92 Å². The molecule has 7 heteroatoms. The Morgan fingerprint density at radius 2 is 0.806 bits per heavy atom. The normalized spacial score (nSPS) is 11.3. The average molecular weight is 449 g/mol. The van der Waals surface area contributed by atoms with E-state index in [0.29, 0.717) is 59.3 Å². The Bertz CT molecular complexity index is 353. The lowest BCUT2D eigenvalue weighted by Crippen LogP contribution is -2.13. The van der Waals surface area contributed by atoms with Crippen molar-refractivity contribution < 1.29 is 33.6 Å². The summed E-state index contributed by atoms with van der Waals surface area (Å²) >= 11 is 0. The maximum absolute atomic E-state index is 10.4. The number of carboxylic acid groups (broad SMARTS) is 1. The van der Waals surface area contributed by atoms with Crippen molar-refractivity contribution in [3.05, 3.63) is 0 Å². The van der Waals surface area contributed by atoms with E-state index in [1.54, 1.807) is 0 Å². The minimum atomic E-state index is -0.675. The predicted octanol–water partition coefficient (Wildman–Crippen LogP) is 4.86. The molecule has 1 N–H and O–H groups in total. The molecule has 0 aromatic rings. The summed E-state index contributed by atoms with van der Waals surface area (Å²) in [7, 11) is 0. The largest absolute Gasteiger partial charge is 0.481 e. The quantitative estimate of drug-likeness (QED) is 0.180. The van der Waals surface area contributed by atoms with Crippen LogP contribution in [0.15, 0.2) is 0 Å². The summed E-state index contributed by atoms with van der Waals surface area (Å²) in [5.74, 6) is -0.675. The first-order chi connectivity index (χ1) is 15.3. The lowest BCUT2D eigenvalue weighted by atomic mass is 10.1. The summed E-state index contributed by atoms with van der Waals surface area (Å²) in [4.78, 5) is 10.4. The Labute approximate surface area is 190 Å². The van der Waals surface area contributed by atoms with Gasteiger partial charge in [0.15, 0.2) is 0 Å². The van der Waals surface area contributed by atoms with Crippen LogP contribution < -0.4 is 0 Å². The maximum atomic E-state index is 10.4. The molecule has 0 bridgehead atoms. The lowest BCUT2D eigenvalue weighted by Gasteiger charge is -2.07. The molecule has 7 nitrogen and oxygen atoms in total. The van der Waals surface area contributed by atoms with Crippen LogP contribution in [0.4, 0.5) is 0 Å². The van der Waals surface area contributed by atoms with Crippen LogP contribution in [0, 0.1) is 0 Å². The van der Waals surface area contributed by atoms with E-state index in [-0.39, 0.29) is 0 Å². The summed E-state index contributed by atoms with van der Waals surface area (Å²) in [5.41, 5.74) is 0. The Morgan fingerprint density at radius 3 is 1.19 bits per heavy atom. The van der Waals surface area contributed by atoms with Crippen LogP contribution in [0.1, 0.15) is 84.0 Å². The van der Waals surface area contributed by atoms with E-state index in [9.17, 15) is 4.79 Å². The highest BCUT2D eigenvalue weighted by molar-refractivity contribution is 5.66. The average Bonchev–Trinajstić information content (AvgIpc) is 2.76. The van der Waals surface area contributed by atoms with Crippen molar-refractivity contribution in [2.45, 2.75) is 84.0 Å². The monoisotopic (exact) mass is 448 g/mol. The van der Waals surface area contributed by atoms with Crippen molar-refractivity contribution in [1.82, 2.24) is 0 Å². The molecule has 0 aromatic carbocycles. The van der Waals surface area contributed by atoms with Crippen molar-refractivity contribution in [2.24, 2.45) is 0 Å². The van der Waals surface area contributed by atoms with Crippen LogP contribution in [0.5, 0.6) is 0 Å². The van der Waals surface area contributed by atoms with Gasteiger partial charge >= 0.3 is 5.97 Å². The first-order valence-corrected chi connectivity index (χ1v) is 12.4. The Kier molecular flexibility index (Phi) is 26.7. The van der Waals surface area contributed by atoms with Crippen molar-refractivity contribution >= 4 is 5.97 Å². The van der Waals surface area contributed by atoms with Gasteiger partial charge < -0.3 is 28.8 Å². The van der Waals surface area contributed by atoms with Crippen LogP contribution in [-0.4, -0.2) is 77.1 Å². The zero-order valence-electron chi connectivity index (χ0n) is 20.0. The lowest BCUT2D eigenvalue weighted by molar-refractivity contribution is -0.137. The number of hydrogen-bond donors (Lipinski definition) is 1. The van der Waals surface area contributed by atoms with Gasteiger partial charge in [-0.1, -0.05) is 57.8 Å². The van der Waals surface area contributed by atoms with Gasteiger partial charge in [0.05, 0.1) is 52.9 Å². The highest BCUT2D eigenvalue weighted by Gasteiger charge is 1.97. The molecule has 0 saturated carbocycles. The molecule has 186 valence electrons. The summed E-state index contributed by atoms with van der Waals surface area (Å²) in [6.45, 7) is 8.37. The van der Waals surface area contributed by atoms with Gasteiger partial charge in [0.1, 0.15) is 0 Å². The van der Waals surface area contributed by atoms with Crippen LogP contribution in [0.25, 0.3) is 0 Å². The second kappa shape index (κ2) is 27.3. The zero-order chi connectivity index (χ0) is 22.7. The topological polar surface area (TPSA) is 83.5 Å². The zero-order valence-corrected chi connectivity index (χ0v) is 20.0. The first kappa shape index (κ1) is 30.3. The van der Waals surface area contributed by atoms with Crippen molar-refractivity contribution in [3.8, 4) is 0 Å². The summed E-state index contributed by atoms with van der Waals surface area (Å²) in [5, 5.41) is 8.58. The molecule has 31 heavy (non-hydrogen) atoms. The molecule has 0 unspecified atom stereocenters. The fourth-order valence-electron chi connectivity index (χ4n) is 3.10. The van der Waals surface area contributed by atoms with Gasteiger partial charge in [0.2, 0.25) is 0 Å². The van der Waals surface area contributed by atoms with E-state index in [2.05, 4.69) is 0 Å². The molecule has 0 fully saturated rings. The molecule has 0 aromatic heterocycles. The number of ether oxygens (including phenoxy) is 5. The Balaban J connectivity index is 3.00. The van der Waals surface area contributed by atoms with Gasteiger partial charge in [-0.2, -0.15) is 0 Å². The van der Waals surface area contributed by atoms with E-state index in [1.165, 1.54) is 51.4 Å². The van der Waals surface area contributed by atoms with E-state index in [0.717, 1.165) is 32.5 Å². The number of carbonyl (C=O) groups is 1. The Morgan fingerprint density at radius 1 is 0.484 bits per heavy atom. The fraction of sp³-hybridized carbons (Fsp3) is 0.958. The van der Waals surface area contributed by atoms with Crippen LogP contribution in [0.2, 0.25) is 0 Å². The van der Waals surface area contributed by atoms with Crippen LogP contribution >= 0.6 is 0 Å². The van der Waals surface area contributed by atoms with Gasteiger partial charge in [-0.25, -0.2) is 0 Å². The van der Waals surface area contributed by atoms with Gasteiger partial charge in [-0.3, -0.25) is 4.79 Å². The third kappa shape index (κ3) is 29.3. The number of unbranched alkanes of at least 4 members (excludes halogenated alkanes) is 10. The van der Waals surface area contributed by atoms with Crippen molar-refractivity contribution in [1.29, 1.82) is 0 Å². The highest BCUT2D eigenvalue weighted by atomic mass is 16.6. The first-order valence-electron chi connectivity index (χ1n) is 12.4. The van der Waals surface area contributed by atoms with Crippen LogP contribution in [-0.2, 0) is 28.5 Å². The molecule has 0 radical (unpaired) electrons. The minimum Gasteiger partial charge on any atom is -0.481 e. The third-order valence-corrected chi connectivity index (χ3v) is 4.87. The second-order valence-electron chi connectivity index (χ2n) is 7.68. The molecule has 0 aliphatic heterocycles. The predicted molar refractivity (Wildman–Crippen MR) is 123 cm³/mol. The SMILES string of the molecule is CCOCCOCCOCCOCCOCCCCCCCCCCCCCC(=O)O. The Hall–Kier alpha value is -0.730. The molecule has 0 spiro atoms. The summed E-state index contributed by atoms with van der Waals surface area (Å²) < 4.78 is 27.0. The molecule has 0 saturated heterocycles. The van der Waals surface area contributed by atoms with E-state index >= 15 is 0 Å². The molecular weight excluding hydrogens is 400 g/mol. The van der Waals surface area contributed by atoms with E-state index in [4.69, 9.17) is 28.8 Å². The van der Waals surface area contributed by atoms with Gasteiger partial charge in [-0.05, 0) is 19.8 Å². The number of aliphatic carboxylic acids is 1. The van der Waals surface area contributed by atoms with Crippen LogP contribution in [0.3, 0.4) is 0 Å². The fourth-order valence-corrected chi connectivity index (χ4v) is 3.10. The highest BCUT2D eigenvalue weighted by Crippen LogP contribution is 2.12. The number of carboxylic acids is 1. The maximum Gasteiger partial charge on any atom is 0.303 e. The van der Waals surface area contributed by atoms with E-state index < -0.39 is 5.97 Å². The number of rotatable bonds is 27. The van der Waals surface area contributed by atoms with Gasteiger partial charge in [0, 0.05) is 19.6 Å². The summed E-state index contributed by atoms with van der Waals surface area (Å²) in [6, 6.07) is 0. The van der Waals surface area contributed by atoms with Crippen molar-refractivity contribution in [3.63, 3.8) is 0 Å². The molecule has 0 rings (SSSR count). The molecule has 0 atom stereocenters. The second-order valence-corrected chi connectivity index (χ2v) is 7.68. The third-order valence-electron chi connectivity index (χ3n) is 4.87. The standard InChI is InChI=1S/C24H48O7/c1-2-27-16-17-29-20-21-31-23-22-30-19-18-28-15-13-11-9-7-5-3-4-6-8-10-12-14-24(25)26/h2-23H2,1H3,(H,25,26). The molecule has 0 aliphatic rings. The minimum absolute atomic E-state index is 0.318. The molecular formula is C24H48O7. The van der Waals surface area contributed by atoms with Crippen molar-refractivity contribution in [2.75, 3.05) is 66.1 Å². The van der Waals surface area contributed by atoms with Gasteiger partial charge in [-0.15, -0.1) is 0 Å². The summed E-state index contributed by atoms with van der Waals surface area (Å²) in [6.07, 6.45) is 13.4. The smallest absolute Gasteiger partial charge is 0.303 e. The van der Waals surface area contributed by atoms with Gasteiger partial charge in [0.25, 0.3) is 0 Å². The molecule has 0 amide bonds.